The first kappa shape index (κ1) is 23.2. The van der Waals surface area contributed by atoms with Crippen molar-refractivity contribution in [2.24, 2.45) is 0 Å². The lowest BCUT2D eigenvalue weighted by molar-refractivity contribution is -0.138. The zero-order valence-electron chi connectivity index (χ0n) is 17.2. The van der Waals surface area contributed by atoms with Gasteiger partial charge in [0.25, 0.3) is 5.91 Å². The maximum Gasteiger partial charge on any atom is 0.416 e. The second-order valence-corrected chi connectivity index (χ2v) is 9.52. The lowest BCUT2D eigenvalue weighted by atomic mass is 10.1. The standard InChI is InChI=1S/C21H23F3N2O4S/c1-13-4-7-17(10-19(13)21(22,23)24)25-20(27)16-5-8-18(9-6-16)31(28,29)26-11-14(2)30-15(3)12-26/h4-10,14-15H,11-12H2,1-3H3,(H,25,27). The number of carbonyl (C=O) groups excluding carboxylic acids is 1. The Balaban J connectivity index is 1.76. The van der Waals surface area contributed by atoms with Crippen molar-refractivity contribution in [3.8, 4) is 0 Å². The lowest BCUT2D eigenvalue weighted by Crippen LogP contribution is -2.48. The normalized spacial score (nSPS) is 20.5. The Labute approximate surface area is 179 Å². The van der Waals surface area contributed by atoms with E-state index < -0.39 is 27.7 Å². The van der Waals surface area contributed by atoms with Gasteiger partial charge in [0.1, 0.15) is 0 Å². The Morgan fingerprint density at radius 1 is 1.06 bits per heavy atom. The Hall–Kier alpha value is -2.43. The molecule has 2 atom stereocenters. The van der Waals surface area contributed by atoms with Gasteiger partial charge in [-0.25, -0.2) is 8.42 Å². The molecule has 0 bridgehead atoms. The van der Waals surface area contributed by atoms with Crippen molar-refractivity contribution in [3.63, 3.8) is 0 Å². The maximum atomic E-state index is 13.1. The van der Waals surface area contributed by atoms with Crippen LogP contribution >= 0.6 is 0 Å². The molecule has 10 heteroatoms. The van der Waals surface area contributed by atoms with Crippen LogP contribution in [0.25, 0.3) is 0 Å². The number of morpholine rings is 1. The first-order valence-corrected chi connectivity index (χ1v) is 11.1. The molecule has 2 unspecified atom stereocenters. The molecule has 1 saturated heterocycles. The highest BCUT2D eigenvalue weighted by molar-refractivity contribution is 7.89. The number of anilines is 1. The summed E-state index contributed by atoms with van der Waals surface area (Å²) in [4.78, 5) is 12.5. The molecular formula is C21H23F3N2O4S. The number of alkyl halides is 3. The van der Waals surface area contributed by atoms with Crippen LogP contribution in [-0.4, -0.2) is 43.9 Å². The summed E-state index contributed by atoms with van der Waals surface area (Å²) in [6.07, 6.45) is -5.01. The molecule has 0 radical (unpaired) electrons. The fourth-order valence-electron chi connectivity index (χ4n) is 3.46. The first-order chi connectivity index (χ1) is 14.4. The molecule has 0 saturated carbocycles. The molecule has 1 heterocycles. The van der Waals surface area contributed by atoms with E-state index in [9.17, 15) is 26.4 Å². The number of ether oxygens (including phenoxy) is 1. The van der Waals surface area contributed by atoms with Gasteiger partial charge in [-0.05, 0) is 62.7 Å². The topological polar surface area (TPSA) is 75.7 Å². The van der Waals surface area contributed by atoms with Gasteiger partial charge >= 0.3 is 6.18 Å². The van der Waals surface area contributed by atoms with Gasteiger partial charge in [0, 0.05) is 24.3 Å². The Morgan fingerprint density at radius 3 is 2.19 bits per heavy atom. The van der Waals surface area contributed by atoms with E-state index in [-0.39, 0.29) is 47.0 Å². The zero-order valence-corrected chi connectivity index (χ0v) is 18.0. The third-order valence-electron chi connectivity index (χ3n) is 4.94. The SMILES string of the molecule is Cc1ccc(NC(=O)c2ccc(S(=O)(=O)N3CC(C)OC(C)C3)cc2)cc1C(F)(F)F. The highest BCUT2D eigenvalue weighted by Gasteiger charge is 2.33. The van der Waals surface area contributed by atoms with E-state index in [0.29, 0.717) is 0 Å². The van der Waals surface area contributed by atoms with Crippen molar-refractivity contribution in [2.75, 3.05) is 18.4 Å². The Kier molecular flexibility index (Phi) is 6.45. The molecule has 0 aromatic heterocycles. The Bertz CT molecular complexity index is 1060. The summed E-state index contributed by atoms with van der Waals surface area (Å²) >= 11 is 0. The summed E-state index contributed by atoms with van der Waals surface area (Å²) in [6, 6.07) is 8.80. The number of nitrogens with zero attached hydrogens (tertiary/aromatic N) is 1. The van der Waals surface area contributed by atoms with Crippen LogP contribution in [0.3, 0.4) is 0 Å². The quantitative estimate of drug-likeness (QED) is 0.753. The molecule has 2 aromatic rings. The van der Waals surface area contributed by atoms with Gasteiger partial charge < -0.3 is 10.1 Å². The number of carbonyl (C=O) groups is 1. The summed E-state index contributed by atoms with van der Waals surface area (Å²) in [6.45, 7) is 5.37. The number of hydrogen-bond donors (Lipinski definition) is 1. The summed E-state index contributed by atoms with van der Waals surface area (Å²) in [7, 11) is -3.76. The minimum Gasteiger partial charge on any atom is -0.373 e. The molecule has 0 spiro atoms. The molecule has 1 fully saturated rings. The van der Waals surface area contributed by atoms with Gasteiger partial charge in [-0.1, -0.05) is 6.07 Å². The van der Waals surface area contributed by atoms with E-state index >= 15 is 0 Å². The molecule has 31 heavy (non-hydrogen) atoms. The second-order valence-electron chi connectivity index (χ2n) is 7.59. The van der Waals surface area contributed by atoms with Gasteiger partial charge in [-0.2, -0.15) is 17.5 Å². The van der Waals surface area contributed by atoms with Gasteiger partial charge in [-0.3, -0.25) is 4.79 Å². The molecule has 3 rings (SSSR count). The first-order valence-electron chi connectivity index (χ1n) is 9.63. The molecule has 1 aliphatic rings. The highest BCUT2D eigenvalue weighted by atomic mass is 32.2. The average molecular weight is 456 g/mol. The van der Waals surface area contributed by atoms with Crippen molar-refractivity contribution in [2.45, 2.75) is 44.1 Å². The van der Waals surface area contributed by atoms with Crippen LogP contribution in [0.5, 0.6) is 0 Å². The summed E-state index contributed by atoms with van der Waals surface area (Å²) < 4.78 is 71.9. The fraction of sp³-hybridized carbons (Fsp3) is 0.381. The predicted octanol–water partition coefficient (Wildman–Crippen LogP) is 4.06. The van der Waals surface area contributed by atoms with E-state index in [0.717, 1.165) is 6.07 Å². The molecule has 168 valence electrons. The number of rotatable bonds is 4. The van der Waals surface area contributed by atoms with Gasteiger partial charge in [0.2, 0.25) is 10.0 Å². The van der Waals surface area contributed by atoms with Crippen molar-refractivity contribution >= 4 is 21.6 Å². The molecule has 1 N–H and O–H groups in total. The molecule has 1 aliphatic heterocycles. The molecule has 1 amide bonds. The van der Waals surface area contributed by atoms with Crippen molar-refractivity contribution in [1.29, 1.82) is 0 Å². The second kappa shape index (κ2) is 8.60. The number of halogens is 3. The number of nitrogens with one attached hydrogen (secondary N) is 1. The van der Waals surface area contributed by atoms with Crippen LogP contribution in [-0.2, 0) is 20.9 Å². The summed E-state index contributed by atoms with van der Waals surface area (Å²) in [5.41, 5.74) is -0.666. The van der Waals surface area contributed by atoms with Crippen molar-refractivity contribution < 1.29 is 31.1 Å². The summed E-state index contributed by atoms with van der Waals surface area (Å²) in [5.74, 6) is -0.644. The predicted molar refractivity (Wildman–Crippen MR) is 109 cm³/mol. The fourth-order valence-corrected chi connectivity index (χ4v) is 5.05. The largest absolute Gasteiger partial charge is 0.416 e. The lowest BCUT2D eigenvalue weighted by Gasteiger charge is -2.34. The van der Waals surface area contributed by atoms with Crippen LogP contribution < -0.4 is 5.32 Å². The van der Waals surface area contributed by atoms with Crippen LogP contribution in [0.2, 0.25) is 0 Å². The van der Waals surface area contributed by atoms with Crippen LogP contribution in [0.1, 0.15) is 35.3 Å². The van der Waals surface area contributed by atoms with Crippen molar-refractivity contribution in [3.05, 3.63) is 59.2 Å². The minimum atomic E-state index is -4.53. The van der Waals surface area contributed by atoms with E-state index in [1.165, 1.54) is 47.6 Å². The third-order valence-corrected chi connectivity index (χ3v) is 6.79. The monoisotopic (exact) mass is 456 g/mol. The van der Waals surface area contributed by atoms with Crippen molar-refractivity contribution in [1.82, 2.24) is 4.31 Å². The molecule has 2 aromatic carbocycles. The third kappa shape index (κ3) is 5.25. The van der Waals surface area contributed by atoms with E-state index in [4.69, 9.17) is 4.74 Å². The van der Waals surface area contributed by atoms with Gasteiger partial charge in [-0.15, -0.1) is 0 Å². The van der Waals surface area contributed by atoms with E-state index in [1.807, 2.05) is 0 Å². The minimum absolute atomic E-state index is 0.00378. The number of amides is 1. The smallest absolute Gasteiger partial charge is 0.373 e. The zero-order chi connectivity index (χ0) is 23.0. The average Bonchev–Trinajstić information content (AvgIpc) is 2.68. The van der Waals surface area contributed by atoms with Crippen LogP contribution in [0.15, 0.2) is 47.4 Å². The molecular weight excluding hydrogens is 433 g/mol. The van der Waals surface area contributed by atoms with Crippen LogP contribution in [0.4, 0.5) is 18.9 Å². The van der Waals surface area contributed by atoms with Crippen LogP contribution in [0, 0.1) is 6.92 Å². The number of aryl methyl sites for hydroxylation is 1. The van der Waals surface area contributed by atoms with E-state index in [2.05, 4.69) is 5.32 Å². The highest BCUT2D eigenvalue weighted by Crippen LogP contribution is 2.33. The maximum absolute atomic E-state index is 13.1. The number of hydrogen-bond acceptors (Lipinski definition) is 4. The van der Waals surface area contributed by atoms with Gasteiger partial charge in [0.15, 0.2) is 0 Å². The molecule has 0 aliphatic carbocycles. The van der Waals surface area contributed by atoms with Gasteiger partial charge in [0.05, 0.1) is 22.7 Å². The summed E-state index contributed by atoms with van der Waals surface area (Å²) in [5, 5.41) is 2.42. The molecule has 6 nitrogen and oxygen atoms in total. The number of sulfonamides is 1. The number of benzene rings is 2. The van der Waals surface area contributed by atoms with E-state index in [1.54, 1.807) is 13.8 Å². The Morgan fingerprint density at radius 2 is 1.65 bits per heavy atom.